The van der Waals surface area contributed by atoms with Crippen molar-refractivity contribution in [2.75, 3.05) is 26.1 Å². The summed E-state index contributed by atoms with van der Waals surface area (Å²) in [6.45, 7) is 1.84. The van der Waals surface area contributed by atoms with Gasteiger partial charge in [-0.15, -0.1) is 0 Å². The van der Waals surface area contributed by atoms with E-state index in [4.69, 9.17) is 14.2 Å². The number of carbonyl (C=O) groups is 2. The molecule has 0 aliphatic heterocycles. The minimum Gasteiger partial charge on any atom is -0.493 e. The highest BCUT2D eigenvalue weighted by Gasteiger charge is 2.10. The van der Waals surface area contributed by atoms with E-state index in [0.717, 1.165) is 5.56 Å². The fourth-order valence-corrected chi connectivity index (χ4v) is 2.87. The molecule has 0 aliphatic rings. The second-order valence-corrected chi connectivity index (χ2v) is 7.04. The number of aryl methyl sites for hydroxylation is 1. The topological polar surface area (TPSA) is 98.3 Å². The highest BCUT2D eigenvalue weighted by atomic mass is 16.5. The first kappa shape index (κ1) is 23.3. The molecule has 0 aromatic heterocycles. The SMILES string of the molecule is COc1ccc(C(=O)N/N=C/c2cccc(OCC(=O)Nc3ccc(C)cc3)c2)cc1OC. The van der Waals surface area contributed by atoms with Gasteiger partial charge < -0.3 is 19.5 Å². The highest BCUT2D eigenvalue weighted by Crippen LogP contribution is 2.27. The standard InChI is InChI=1S/C25H25N3O5/c1-17-7-10-20(11-8-17)27-24(29)16-33-21-6-4-5-18(13-21)15-26-28-25(30)19-9-12-22(31-2)23(14-19)32-3/h4-15H,16H2,1-3H3,(H,27,29)(H,28,30)/b26-15+. The van der Waals surface area contributed by atoms with Gasteiger partial charge in [0.25, 0.3) is 11.8 Å². The maximum atomic E-state index is 12.3. The fraction of sp³-hybridized carbons (Fsp3) is 0.160. The summed E-state index contributed by atoms with van der Waals surface area (Å²) in [5.41, 5.74) is 5.36. The zero-order valence-electron chi connectivity index (χ0n) is 18.6. The van der Waals surface area contributed by atoms with Gasteiger partial charge in [0.15, 0.2) is 18.1 Å². The van der Waals surface area contributed by atoms with E-state index in [1.54, 1.807) is 42.5 Å². The number of nitrogens with one attached hydrogen (secondary N) is 2. The number of carbonyl (C=O) groups excluding carboxylic acids is 2. The molecule has 0 aliphatic carbocycles. The number of hydrazone groups is 1. The van der Waals surface area contributed by atoms with Crippen LogP contribution < -0.4 is 25.0 Å². The molecular formula is C25H25N3O5. The number of methoxy groups -OCH3 is 2. The van der Waals surface area contributed by atoms with Crippen molar-refractivity contribution in [3.05, 3.63) is 83.4 Å². The molecule has 0 fully saturated rings. The number of ether oxygens (including phenoxy) is 3. The molecule has 2 N–H and O–H groups in total. The lowest BCUT2D eigenvalue weighted by atomic mass is 10.2. The molecule has 170 valence electrons. The van der Waals surface area contributed by atoms with E-state index < -0.39 is 5.91 Å². The molecule has 0 atom stereocenters. The van der Waals surface area contributed by atoms with Crippen LogP contribution >= 0.6 is 0 Å². The molecule has 2 amide bonds. The van der Waals surface area contributed by atoms with E-state index in [1.165, 1.54) is 20.4 Å². The fourth-order valence-electron chi connectivity index (χ4n) is 2.87. The van der Waals surface area contributed by atoms with Gasteiger partial charge in [-0.05, 0) is 55.0 Å². The summed E-state index contributed by atoms with van der Waals surface area (Å²) in [5, 5.41) is 6.76. The van der Waals surface area contributed by atoms with E-state index in [-0.39, 0.29) is 12.5 Å². The number of nitrogens with zero attached hydrogens (tertiary/aromatic N) is 1. The summed E-state index contributed by atoms with van der Waals surface area (Å²) in [6, 6.07) is 19.4. The number of amides is 2. The number of benzene rings is 3. The lowest BCUT2D eigenvalue weighted by Crippen LogP contribution is -2.20. The summed E-state index contributed by atoms with van der Waals surface area (Å²) in [6.07, 6.45) is 1.48. The van der Waals surface area contributed by atoms with Crippen molar-refractivity contribution >= 4 is 23.7 Å². The molecule has 0 bridgehead atoms. The number of hydrogen-bond donors (Lipinski definition) is 2. The van der Waals surface area contributed by atoms with Gasteiger partial charge in [0.2, 0.25) is 0 Å². The lowest BCUT2D eigenvalue weighted by Gasteiger charge is -2.09. The Hall–Kier alpha value is -4.33. The molecule has 8 heteroatoms. The maximum Gasteiger partial charge on any atom is 0.271 e. The van der Waals surface area contributed by atoms with Crippen molar-refractivity contribution < 1.29 is 23.8 Å². The van der Waals surface area contributed by atoms with E-state index in [2.05, 4.69) is 15.8 Å². The molecule has 33 heavy (non-hydrogen) atoms. The van der Waals surface area contributed by atoms with Crippen LogP contribution in [-0.4, -0.2) is 38.9 Å². The Morgan fingerprint density at radius 3 is 2.42 bits per heavy atom. The Morgan fingerprint density at radius 2 is 1.70 bits per heavy atom. The van der Waals surface area contributed by atoms with Gasteiger partial charge in [-0.2, -0.15) is 5.10 Å². The second kappa shape index (κ2) is 11.3. The number of anilines is 1. The first-order valence-corrected chi connectivity index (χ1v) is 10.1. The Morgan fingerprint density at radius 1 is 0.939 bits per heavy atom. The highest BCUT2D eigenvalue weighted by molar-refractivity contribution is 5.95. The van der Waals surface area contributed by atoms with E-state index in [0.29, 0.717) is 34.1 Å². The second-order valence-electron chi connectivity index (χ2n) is 7.04. The molecule has 3 aromatic carbocycles. The predicted octanol–water partition coefficient (Wildman–Crippen LogP) is 3.79. The van der Waals surface area contributed by atoms with Gasteiger partial charge in [0, 0.05) is 11.3 Å². The average molecular weight is 447 g/mol. The van der Waals surface area contributed by atoms with Crippen molar-refractivity contribution in [3.8, 4) is 17.2 Å². The third-order valence-corrected chi connectivity index (χ3v) is 4.59. The lowest BCUT2D eigenvalue weighted by molar-refractivity contribution is -0.118. The van der Waals surface area contributed by atoms with Gasteiger partial charge in [-0.3, -0.25) is 9.59 Å². The molecule has 0 saturated carbocycles. The van der Waals surface area contributed by atoms with E-state index in [1.807, 2.05) is 31.2 Å². The predicted molar refractivity (Wildman–Crippen MR) is 126 cm³/mol. The van der Waals surface area contributed by atoms with Crippen LogP contribution in [0, 0.1) is 6.92 Å². The van der Waals surface area contributed by atoms with Gasteiger partial charge >= 0.3 is 0 Å². The van der Waals surface area contributed by atoms with Crippen LogP contribution in [-0.2, 0) is 4.79 Å². The Kier molecular flexibility index (Phi) is 8.02. The number of rotatable bonds is 9. The maximum absolute atomic E-state index is 12.3. The van der Waals surface area contributed by atoms with Gasteiger partial charge in [-0.25, -0.2) is 5.43 Å². The van der Waals surface area contributed by atoms with E-state index in [9.17, 15) is 9.59 Å². The third kappa shape index (κ3) is 6.83. The summed E-state index contributed by atoms with van der Waals surface area (Å²) < 4.78 is 15.9. The first-order valence-electron chi connectivity index (χ1n) is 10.1. The van der Waals surface area contributed by atoms with Gasteiger partial charge in [0.05, 0.1) is 20.4 Å². The summed E-state index contributed by atoms with van der Waals surface area (Å²) in [5.74, 6) is 0.823. The minimum atomic E-state index is -0.396. The van der Waals surface area contributed by atoms with Crippen molar-refractivity contribution in [3.63, 3.8) is 0 Å². The average Bonchev–Trinajstić information content (AvgIpc) is 2.84. The minimum absolute atomic E-state index is 0.134. The molecule has 3 aromatic rings. The summed E-state index contributed by atoms with van der Waals surface area (Å²) >= 11 is 0. The van der Waals surface area contributed by atoms with Crippen LogP contribution in [0.4, 0.5) is 5.69 Å². The Labute approximate surface area is 192 Å². The zero-order chi connectivity index (χ0) is 23.6. The van der Waals surface area contributed by atoms with Crippen LogP contribution in [0.5, 0.6) is 17.2 Å². The zero-order valence-corrected chi connectivity index (χ0v) is 18.6. The molecule has 0 radical (unpaired) electrons. The van der Waals surface area contributed by atoms with E-state index >= 15 is 0 Å². The molecule has 8 nitrogen and oxygen atoms in total. The van der Waals surface area contributed by atoms with Crippen molar-refractivity contribution in [1.82, 2.24) is 5.43 Å². The smallest absolute Gasteiger partial charge is 0.271 e. The number of hydrogen-bond acceptors (Lipinski definition) is 6. The van der Waals surface area contributed by atoms with Crippen LogP contribution in [0.3, 0.4) is 0 Å². The molecule has 0 heterocycles. The molecule has 3 rings (SSSR count). The van der Waals surface area contributed by atoms with Crippen molar-refractivity contribution in [2.24, 2.45) is 5.10 Å². The Balaban J connectivity index is 1.53. The Bertz CT molecular complexity index is 1140. The monoisotopic (exact) mass is 447 g/mol. The van der Waals surface area contributed by atoms with Crippen LogP contribution in [0.25, 0.3) is 0 Å². The van der Waals surface area contributed by atoms with Crippen molar-refractivity contribution in [2.45, 2.75) is 6.92 Å². The van der Waals surface area contributed by atoms with Crippen LogP contribution in [0.1, 0.15) is 21.5 Å². The van der Waals surface area contributed by atoms with Gasteiger partial charge in [-0.1, -0.05) is 29.8 Å². The normalized spacial score (nSPS) is 10.5. The van der Waals surface area contributed by atoms with Crippen LogP contribution in [0.15, 0.2) is 71.8 Å². The summed E-state index contributed by atoms with van der Waals surface area (Å²) in [4.78, 5) is 24.4. The molecule has 0 unspecified atom stereocenters. The molecule has 0 spiro atoms. The van der Waals surface area contributed by atoms with Crippen molar-refractivity contribution in [1.29, 1.82) is 0 Å². The molecule has 0 saturated heterocycles. The quantitative estimate of drug-likeness (QED) is 0.384. The first-order chi connectivity index (χ1) is 16.0. The molecular weight excluding hydrogens is 422 g/mol. The van der Waals surface area contributed by atoms with Gasteiger partial charge in [0.1, 0.15) is 5.75 Å². The largest absolute Gasteiger partial charge is 0.493 e. The third-order valence-electron chi connectivity index (χ3n) is 4.59. The van der Waals surface area contributed by atoms with Crippen LogP contribution in [0.2, 0.25) is 0 Å². The summed E-state index contributed by atoms with van der Waals surface area (Å²) in [7, 11) is 3.02.